The smallest absolute Gasteiger partial charge is 0.168 e. The zero-order valence-corrected chi connectivity index (χ0v) is 18.8. The summed E-state index contributed by atoms with van der Waals surface area (Å²) in [5.74, 6) is 0.850. The number of nitrogens with two attached hydrogens (primary N) is 1. The number of nitrogens with one attached hydrogen (secondary N) is 1. The molecule has 2 aromatic rings. The van der Waals surface area contributed by atoms with Crippen LogP contribution >= 0.6 is 12.2 Å². The number of hydrogen-bond donors (Lipinski definition) is 2. The van der Waals surface area contributed by atoms with Crippen molar-refractivity contribution in [3.05, 3.63) is 54.1 Å². The lowest BCUT2D eigenvalue weighted by molar-refractivity contribution is 0.249. The normalized spacial score (nSPS) is 14.5. The highest BCUT2D eigenvalue weighted by Gasteiger charge is 2.16. The molecule has 0 saturated carbocycles. The van der Waals surface area contributed by atoms with Crippen molar-refractivity contribution in [1.82, 2.24) is 4.90 Å². The minimum absolute atomic E-state index is 0.267. The number of rotatable bonds is 10. The number of unbranched alkanes of at least 4 members (excludes halogenated alkanes) is 3. The maximum atomic E-state index is 5.85. The Bertz CT molecular complexity index is 788. The molecule has 0 amide bonds. The molecular weight excluding hydrogens is 392 g/mol. The Hall–Kier alpha value is -2.31. The lowest BCUT2D eigenvalue weighted by Crippen LogP contribution is -2.46. The fourth-order valence-electron chi connectivity index (χ4n) is 3.77. The van der Waals surface area contributed by atoms with Crippen LogP contribution in [0, 0.1) is 6.92 Å². The van der Waals surface area contributed by atoms with Gasteiger partial charge in [0.05, 0.1) is 6.61 Å². The van der Waals surface area contributed by atoms with Gasteiger partial charge < -0.3 is 20.7 Å². The van der Waals surface area contributed by atoms with E-state index >= 15 is 0 Å². The first-order valence-electron chi connectivity index (χ1n) is 10.9. The summed E-state index contributed by atoms with van der Waals surface area (Å²) in [5.41, 5.74) is 9.05. The number of anilines is 2. The summed E-state index contributed by atoms with van der Waals surface area (Å²) in [6.45, 7) is 8.66. The monoisotopic (exact) mass is 426 g/mol. The largest absolute Gasteiger partial charge is 0.494 e. The molecule has 1 aliphatic heterocycles. The highest BCUT2D eigenvalue weighted by molar-refractivity contribution is 7.80. The number of hydrogen-bond acceptors (Lipinski definition) is 4. The zero-order valence-electron chi connectivity index (χ0n) is 18.0. The number of ether oxygens (including phenoxy) is 1. The van der Waals surface area contributed by atoms with Crippen LogP contribution in [0.25, 0.3) is 0 Å². The lowest BCUT2D eigenvalue weighted by atomic mass is 10.1. The molecule has 0 bridgehead atoms. The van der Waals surface area contributed by atoms with Crippen molar-refractivity contribution in [3.63, 3.8) is 0 Å². The van der Waals surface area contributed by atoms with Gasteiger partial charge in [-0.15, -0.1) is 0 Å². The predicted octanol–water partition coefficient (Wildman–Crippen LogP) is 4.41. The van der Waals surface area contributed by atoms with Gasteiger partial charge in [0, 0.05) is 43.6 Å². The Balaban J connectivity index is 1.23. The summed E-state index contributed by atoms with van der Waals surface area (Å²) in [7, 11) is 0. The third-order valence-corrected chi connectivity index (χ3v) is 5.61. The maximum absolute atomic E-state index is 5.85. The average Bonchev–Trinajstić information content (AvgIpc) is 2.74. The van der Waals surface area contributed by atoms with E-state index in [4.69, 9.17) is 22.7 Å². The van der Waals surface area contributed by atoms with Crippen molar-refractivity contribution in [2.75, 3.05) is 49.5 Å². The molecule has 0 atom stereocenters. The molecule has 3 rings (SSSR count). The molecule has 1 saturated heterocycles. The van der Waals surface area contributed by atoms with Gasteiger partial charge in [-0.05, 0) is 62.8 Å². The quantitative estimate of drug-likeness (QED) is 0.433. The van der Waals surface area contributed by atoms with Crippen molar-refractivity contribution in [1.29, 1.82) is 0 Å². The second-order valence-corrected chi connectivity index (χ2v) is 8.38. The van der Waals surface area contributed by atoms with E-state index in [0.717, 1.165) is 50.6 Å². The Labute approximate surface area is 186 Å². The van der Waals surface area contributed by atoms with Crippen LogP contribution in [0.4, 0.5) is 11.4 Å². The van der Waals surface area contributed by atoms with Gasteiger partial charge in [0.2, 0.25) is 0 Å². The van der Waals surface area contributed by atoms with E-state index in [9.17, 15) is 0 Å². The van der Waals surface area contributed by atoms with Crippen molar-refractivity contribution in [3.8, 4) is 5.75 Å². The number of thiocarbonyl (C=S) groups is 1. The van der Waals surface area contributed by atoms with Crippen LogP contribution < -0.4 is 20.7 Å². The summed E-state index contributed by atoms with van der Waals surface area (Å²) in [5, 5.41) is 3.20. The van der Waals surface area contributed by atoms with Crippen molar-refractivity contribution >= 4 is 28.7 Å². The highest BCUT2D eigenvalue weighted by Crippen LogP contribution is 2.19. The molecule has 162 valence electrons. The van der Waals surface area contributed by atoms with Crippen LogP contribution in [0.1, 0.15) is 31.2 Å². The van der Waals surface area contributed by atoms with E-state index in [1.165, 1.54) is 37.1 Å². The van der Waals surface area contributed by atoms with Gasteiger partial charge in [0.25, 0.3) is 0 Å². The highest BCUT2D eigenvalue weighted by atomic mass is 32.1. The van der Waals surface area contributed by atoms with E-state index in [2.05, 4.69) is 46.3 Å². The van der Waals surface area contributed by atoms with Gasteiger partial charge in [-0.1, -0.05) is 36.6 Å². The topological polar surface area (TPSA) is 53.8 Å². The molecule has 30 heavy (non-hydrogen) atoms. The fraction of sp³-hybridized carbons (Fsp3) is 0.458. The van der Waals surface area contributed by atoms with E-state index in [0.29, 0.717) is 0 Å². The van der Waals surface area contributed by atoms with E-state index in [1.807, 2.05) is 24.3 Å². The van der Waals surface area contributed by atoms with E-state index in [1.54, 1.807) is 0 Å². The van der Waals surface area contributed by atoms with Crippen molar-refractivity contribution in [2.24, 2.45) is 5.73 Å². The Kier molecular flexibility index (Phi) is 8.78. The van der Waals surface area contributed by atoms with Gasteiger partial charge >= 0.3 is 0 Å². The minimum Gasteiger partial charge on any atom is -0.494 e. The van der Waals surface area contributed by atoms with Crippen LogP contribution in [0.15, 0.2) is 48.5 Å². The standard InChI is InChI=1S/C24H34N4OS/c1-20-9-11-22(12-10-20)28-16-14-27(15-17-28)13-4-2-3-5-18-29-23-8-6-7-21(19-23)26-24(25)30/h6-12,19H,2-5,13-18H2,1H3,(H3,25,26,30). The first-order valence-corrected chi connectivity index (χ1v) is 11.3. The summed E-state index contributed by atoms with van der Waals surface area (Å²) in [6.07, 6.45) is 4.80. The first-order chi connectivity index (χ1) is 14.6. The predicted molar refractivity (Wildman–Crippen MR) is 131 cm³/mol. The van der Waals surface area contributed by atoms with Gasteiger partial charge in [-0.2, -0.15) is 0 Å². The Morgan fingerprint density at radius 3 is 2.47 bits per heavy atom. The molecule has 0 unspecified atom stereocenters. The van der Waals surface area contributed by atoms with Gasteiger partial charge in [-0.25, -0.2) is 0 Å². The Morgan fingerprint density at radius 2 is 1.73 bits per heavy atom. The first kappa shape index (κ1) is 22.4. The molecule has 1 fully saturated rings. The van der Waals surface area contributed by atoms with Crippen LogP contribution in [0.3, 0.4) is 0 Å². The summed E-state index contributed by atoms with van der Waals surface area (Å²) < 4.78 is 5.85. The molecule has 0 radical (unpaired) electrons. The number of aryl methyl sites for hydroxylation is 1. The Morgan fingerprint density at radius 1 is 1.00 bits per heavy atom. The SMILES string of the molecule is Cc1ccc(N2CCN(CCCCCCOc3cccc(NC(N)=S)c3)CC2)cc1. The third kappa shape index (κ3) is 7.50. The number of benzene rings is 2. The molecule has 5 nitrogen and oxygen atoms in total. The van der Waals surface area contributed by atoms with Gasteiger partial charge in [0.1, 0.15) is 5.75 Å². The van der Waals surface area contributed by atoms with Crippen LogP contribution in [-0.2, 0) is 0 Å². The molecule has 0 spiro atoms. The molecule has 1 heterocycles. The second kappa shape index (κ2) is 11.8. The van der Waals surface area contributed by atoms with E-state index in [-0.39, 0.29) is 5.11 Å². The molecule has 1 aliphatic rings. The fourth-order valence-corrected chi connectivity index (χ4v) is 3.89. The summed E-state index contributed by atoms with van der Waals surface area (Å²) in [4.78, 5) is 5.10. The van der Waals surface area contributed by atoms with Crippen molar-refractivity contribution < 1.29 is 4.74 Å². The minimum atomic E-state index is 0.267. The summed E-state index contributed by atoms with van der Waals surface area (Å²) >= 11 is 4.87. The van der Waals surface area contributed by atoms with Crippen molar-refractivity contribution in [2.45, 2.75) is 32.6 Å². The molecule has 6 heteroatoms. The molecule has 0 aromatic heterocycles. The van der Waals surface area contributed by atoms with Crippen LogP contribution in [0.2, 0.25) is 0 Å². The van der Waals surface area contributed by atoms with Crippen LogP contribution in [-0.4, -0.2) is 49.3 Å². The molecule has 0 aliphatic carbocycles. The molecule has 3 N–H and O–H groups in total. The van der Waals surface area contributed by atoms with Crippen LogP contribution in [0.5, 0.6) is 5.75 Å². The number of nitrogens with zero attached hydrogens (tertiary/aromatic N) is 2. The van der Waals surface area contributed by atoms with Gasteiger partial charge in [0.15, 0.2) is 5.11 Å². The summed E-state index contributed by atoms with van der Waals surface area (Å²) in [6, 6.07) is 16.6. The molecule has 2 aromatic carbocycles. The number of piperazine rings is 1. The average molecular weight is 427 g/mol. The zero-order chi connectivity index (χ0) is 21.2. The second-order valence-electron chi connectivity index (χ2n) is 7.94. The van der Waals surface area contributed by atoms with Gasteiger partial charge in [-0.3, -0.25) is 4.90 Å². The third-order valence-electron chi connectivity index (χ3n) is 5.51. The van der Waals surface area contributed by atoms with E-state index < -0.39 is 0 Å². The lowest BCUT2D eigenvalue weighted by Gasteiger charge is -2.36. The molecular formula is C24H34N4OS. The maximum Gasteiger partial charge on any atom is 0.168 e.